The number of methoxy groups -OCH3 is 1. The van der Waals surface area contributed by atoms with Gasteiger partial charge in [0.1, 0.15) is 0 Å². The van der Waals surface area contributed by atoms with E-state index in [1.165, 1.54) is 32.1 Å². The van der Waals surface area contributed by atoms with Gasteiger partial charge in [-0.15, -0.1) is 0 Å². The highest BCUT2D eigenvalue weighted by Gasteiger charge is 2.27. The van der Waals surface area contributed by atoms with Gasteiger partial charge in [-0.1, -0.05) is 33.1 Å². The Labute approximate surface area is 76.5 Å². The fourth-order valence-electron chi connectivity index (χ4n) is 2.23. The summed E-state index contributed by atoms with van der Waals surface area (Å²) >= 11 is 0. The van der Waals surface area contributed by atoms with E-state index in [-0.39, 0.29) is 0 Å². The summed E-state index contributed by atoms with van der Waals surface area (Å²) in [4.78, 5) is 0. The van der Waals surface area contributed by atoms with Crippen molar-refractivity contribution in [1.29, 1.82) is 0 Å². The monoisotopic (exact) mass is 170 g/mol. The van der Waals surface area contributed by atoms with Gasteiger partial charge in [-0.3, -0.25) is 0 Å². The molecule has 72 valence electrons. The molecule has 0 aromatic rings. The van der Waals surface area contributed by atoms with Crippen LogP contribution in [0.1, 0.15) is 46.0 Å². The minimum absolute atomic E-state index is 0.472. The quantitative estimate of drug-likeness (QED) is 0.578. The molecule has 1 nitrogen and oxygen atoms in total. The number of rotatable bonds is 2. The van der Waals surface area contributed by atoms with Crippen LogP contribution >= 0.6 is 0 Å². The van der Waals surface area contributed by atoms with Crippen LogP contribution in [-0.4, -0.2) is 13.7 Å². The van der Waals surface area contributed by atoms with Crippen LogP contribution in [0.5, 0.6) is 0 Å². The highest BCUT2D eigenvalue weighted by molar-refractivity contribution is 4.78. The Hall–Kier alpha value is -0.0400. The second-order valence-electron chi connectivity index (χ2n) is 4.78. The average Bonchev–Trinajstić information content (AvgIpc) is 2.15. The van der Waals surface area contributed by atoms with Gasteiger partial charge in [0.2, 0.25) is 0 Å². The zero-order valence-electron chi connectivity index (χ0n) is 8.73. The molecule has 0 aromatic heterocycles. The molecule has 0 radical (unpaired) electrons. The molecule has 0 amide bonds. The number of hydrogen-bond donors (Lipinski definition) is 0. The summed E-state index contributed by atoms with van der Waals surface area (Å²) in [6, 6.07) is 0. The minimum atomic E-state index is 0.472. The Morgan fingerprint density at radius 2 is 2.08 bits per heavy atom. The summed E-state index contributed by atoms with van der Waals surface area (Å²) in [5, 5.41) is 0. The molecule has 1 rings (SSSR count). The molecule has 0 bridgehead atoms. The number of ether oxygens (including phenoxy) is 1. The standard InChI is InChI=1S/C11H22O/c1-10-5-4-7-11(2,8-6-10)9-12-3/h10H,4-9H2,1-3H3. The van der Waals surface area contributed by atoms with Crippen LogP contribution in [0.25, 0.3) is 0 Å². The summed E-state index contributed by atoms with van der Waals surface area (Å²) in [6.45, 7) is 5.69. The van der Waals surface area contributed by atoms with Crippen molar-refractivity contribution in [1.82, 2.24) is 0 Å². The largest absolute Gasteiger partial charge is 0.384 e. The van der Waals surface area contributed by atoms with Crippen LogP contribution in [0.4, 0.5) is 0 Å². The maximum atomic E-state index is 5.28. The normalized spacial score (nSPS) is 37.8. The zero-order valence-corrected chi connectivity index (χ0v) is 8.73. The Morgan fingerprint density at radius 3 is 2.75 bits per heavy atom. The molecule has 0 aliphatic heterocycles. The molecular weight excluding hydrogens is 148 g/mol. The van der Waals surface area contributed by atoms with Gasteiger partial charge >= 0.3 is 0 Å². The lowest BCUT2D eigenvalue weighted by atomic mass is 9.83. The van der Waals surface area contributed by atoms with Crippen molar-refractivity contribution in [2.24, 2.45) is 11.3 Å². The maximum Gasteiger partial charge on any atom is 0.0515 e. The van der Waals surface area contributed by atoms with Crippen molar-refractivity contribution in [3.8, 4) is 0 Å². The van der Waals surface area contributed by atoms with Gasteiger partial charge in [0.15, 0.2) is 0 Å². The van der Waals surface area contributed by atoms with E-state index in [0.717, 1.165) is 12.5 Å². The first-order valence-corrected chi connectivity index (χ1v) is 5.15. The topological polar surface area (TPSA) is 9.23 Å². The highest BCUT2D eigenvalue weighted by Crippen LogP contribution is 2.36. The van der Waals surface area contributed by atoms with Gasteiger partial charge in [0.25, 0.3) is 0 Å². The minimum Gasteiger partial charge on any atom is -0.384 e. The number of hydrogen-bond acceptors (Lipinski definition) is 1. The lowest BCUT2D eigenvalue weighted by Gasteiger charge is -2.26. The second-order valence-corrected chi connectivity index (χ2v) is 4.78. The van der Waals surface area contributed by atoms with Gasteiger partial charge in [-0.05, 0) is 24.2 Å². The van der Waals surface area contributed by atoms with Crippen molar-refractivity contribution in [3.05, 3.63) is 0 Å². The lowest BCUT2D eigenvalue weighted by molar-refractivity contribution is 0.0797. The van der Waals surface area contributed by atoms with Crippen molar-refractivity contribution < 1.29 is 4.74 Å². The molecule has 1 fully saturated rings. The van der Waals surface area contributed by atoms with E-state index in [2.05, 4.69) is 13.8 Å². The molecule has 0 spiro atoms. The van der Waals surface area contributed by atoms with E-state index in [9.17, 15) is 0 Å². The van der Waals surface area contributed by atoms with Gasteiger partial charge in [-0.25, -0.2) is 0 Å². The Balaban J connectivity index is 2.43. The summed E-state index contributed by atoms with van der Waals surface area (Å²) < 4.78 is 5.28. The van der Waals surface area contributed by atoms with Crippen molar-refractivity contribution in [2.75, 3.05) is 13.7 Å². The van der Waals surface area contributed by atoms with E-state index >= 15 is 0 Å². The van der Waals surface area contributed by atoms with Crippen LogP contribution in [0.15, 0.2) is 0 Å². The molecule has 1 saturated carbocycles. The third-order valence-corrected chi connectivity index (χ3v) is 3.21. The Bertz CT molecular complexity index is 133. The Morgan fingerprint density at radius 1 is 1.33 bits per heavy atom. The first-order chi connectivity index (χ1) is 5.66. The van der Waals surface area contributed by atoms with Crippen LogP contribution < -0.4 is 0 Å². The molecule has 0 saturated heterocycles. The molecule has 1 heteroatoms. The lowest BCUT2D eigenvalue weighted by Crippen LogP contribution is -2.21. The average molecular weight is 170 g/mol. The van der Waals surface area contributed by atoms with Crippen molar-refractivity contribution >= 4 is 0 Å². The summed E-state index contributed by atoms with van der Waals surface area (Å²) in [7, 11) is 1.82. The van der Waals surface area contributed by atoms with Crippen LogP contribution in [0.2, 0.25) is 0 Å². The molecule has 1 aliphatic carbocycles. The summed E-state index contributed by atoms with van der Waals surface area (Å²) in [5.74, 6) is 0.934. The first-order valence-electron chi connectivity index (χ1n) is 5.15. The summed E-state index contributed by atoms with van der Waals surface area (Å²) in [6.07, 6.45) is 6.90. The fourth-order valence-corrected chi connectivity index (χ4v) is 2.23. The molecule has 0 N–H and O–H groups in total. The van der Waals surface area contributed by atoms with Crippen LogP contribution in [0.3, 0.4) is 0 Å². The third kappa shape index (κ3) is 2.78. The smallest absolute Gasteiger partial charge is 0.0515 e. The van der Waals surface area contributed by atoms with Crippen LogP contribution in [-0.2, 0) is 4.74 Å². The van der Waals surface area contributed by atoms with Gasteiger partial charge < -0.3 is 4.74 Å². The van der Waals surface area contributed by atoms with E-state index in [1.54, 1.807) is 0 Å². The molecule has 0 aromatic carbocycles. The second kappa shape index (κ2) is 4.27. The van der Waals surface area contributed by atoms with Crippen LogP contribution in [0, 0.1) is 11.3 Å². The van der Waals surface area contributed by atoms with Crippen molar-refractivity contribution in [3.63, 3.8) is 0 Å². The predicted octanol–water partition coefficient (Wildman–Crippen LogP) is 3.24. The molecular formula is C11H22O. The van der Waals surface area contributed by atoms with Gasteiger partial charge in [-0.2, -0.15) is 0 Å². The highest BCUT2D eigenvalue weighted by atomic mass is 16.5. The van der Waals surface area contributed by atoms with E-state index in [0.29, 0.717) is 5.41 Å². The SMILES string of the molecule is COCC1(C)CCCC(C)CC1. The first kappa shape index (κ1) is 10.0. The van der Waals surface area contributed by atoms with E-state index in [1.807, 2.05) is 7.11 Å². The van der Waals surface area contributed by atoms with Gasteiger partial charge in [0.05, 0.1) is 6.61 Å². The van der Waals surface area contributed by atoms with Gasteiger partial charge in [0, 0.05) is 7.11 Å². The molecule has 0 heterocycles. The third-order valence-electron chi connectivity index (χ3n) is 3.21. The van der Waals surface area contributed by atoms with E-state index < -0.39 is 0 Å². The molecule has 2 unspecified atom stereocenters. The van der Waals surface area contributed by atoms with Crippen molar-refractivity contribution in [2.45, 2.75) is 46.0 Å². The zero-order chi connectivity index (χ0) is 9.03. The summed E-state index contributed by atoms with van der Waals surface area (Å²) in [5.41, 5.74) is 0.472. The molecule has 2 atom stereocenters. The Kier molecular flexibility index (Phi) is 3.57. The molecule has 1 aliphatic rings. The fraction of sp³-hybridized carbons (Fsp3) is 1.00. The predicted molar refractivity (Wildman–Crippen MR) is 52.2 cm³/mol. The van der Waals surface area contributed by atoms with E-state index in [4.69, 9.17) is 4.74 Å². The molecule has 12 heavy (non-hydrogen) atoms. The maximum absolute atomic E-state index is 5.28.